The van der Waals surface area contributed by atoms with Crippen molar-refractivity contribution in [1.82, 2.24) is 10.6 Å². The number of carbonyl (C=O) groups is 2. The van der Waals surface area contributed by atoms with Gasteiger partial charge < -0.3 is 27.8 Å². The number of benzene rings is 1. The normalized spacial score (nSPS) is 12.7. The first-order valence-corrected chi connectivity index (χ1v) is 8.83. The molecule has 0 fully saturated rings. The predicted molar refractivity (Wildman–Crippen MR) is 103 cm³/mol. The Morgan fingerprint density at radius 1 is 1.12 bits per heavy atom. The number of nitrogens with zero attached hydrogens (tertiary/aromatic N) is 1. The summed E-state index contributed by atoms with van der Waals surface area (Å²) in [5, 5.41) is 5.42. The highest BCUT2D eigenvalue weighted by Gasteiger charge is 2.19. The van der Waals surface area contributed by atoms with Crippen molar-refractivity contribution in [3.63, 3.8) is 0 Å². The van der Waals surface area contributed by atoms with Gasteiger partial charge in [0.25, 0.3) is 0 Å². The Balaban J connectivity index is 2.23. The fourth-order valence-corrected chi connectivity index (χ4v) is 2.29. The lowest BCUT2D eigenvalue weighted by molar-refractivity contribution is -0.129. The van der Waals surface area contributed by atoms with Crippen molar-refractivity contribution in [2.45, 2.75) is 44.7 Å². The SMILES string of the molecule is C[C@H](NC(=O)[C@H](N)CCc1ccccc1)C(=O)NCCCCN=C(N)N. The van der Waals surface area contributed by atoms with Crippen LogP contribution >= 0.6 is 0 Å². The van der Waals surface area contributed by atoms with Crippen LogP contribution in [0.25, 0.3) is 0 Å². The summed E-state index contributed by atoms with van der Waals surface area (Å²) in [7, 11) is 0. The number of aryl methyl sites for hydroxylation is 1. The van der Waals surface area contributed by atoms with Gasteiger partial charge in [0.05, 0.1) is 6.04 Å². The first-order chi connectivity index (χ1) is 12.4. The van der Waals surface area contributed by atoms with E-state index in [1.165, 1.54) is 0 Å². The number of nitrogens with one attached hydrogen (secondary N) is 2. The molecule has 0 unspecified atom stereocenters. The van der Waals surface area contributed by atoms with Crippen LogP contribution in [0.3, 0.4) is 0 Å². The van der Waals surface area contributed by atoms with Crippen molar-refractivity contribution in [3.05, 3.63) is 35.9 Å². The lowest BCUT2D eigenvalue weighted by Crippen LogP contribution is -2.50. The van der Waals surface area contributed by atoms with E-state index in [1.54, 1.807) is 6.92 Å². The minimum absolute atomic E-state index is 0.0639. The van der Waals surface area contributed by atoms with Gasteiger partial charge in [0.2, 0.25) is 11.8 Å². The second kappa shape index (κ2) is 11.9. The van der Waals surface area contributed by atoms with Crippen molar-refractivity contribution in [3.8, 4) is 0 Å². The van der Waals surface area contributed by atoms with Gasteiger partial charge >= 0.3 is 0 Å². The van der Waals surface area contributed by atoms with Gasteiger partial charge in [-0.25, -0.2) is 0 Å². The zero-order valence-electron chi connectivity index (χ0n) is 15.3. The lowest BCUT2D eigenvalue weighted by atomic mass is 10.1. The van der Waals surface area contributed by atoms with Gasteiger partial charge in [-0.15, -0.1) is 0 Å². The number of carbonyl (C=O) groups excluding carboxylic acids is 2. The van der Waals surface area contributed by atoms with E-state index in [9.17, 15) is 9.59 Å². The molecule has 0 radical (unpaired) electrons. The highest BCUT2D eigenvalue weighted by atomic mass is 16.2. The van der Waals surface area contributed by atoms with Gasteiger partial charge in [-0.1, -0.05) is 30.3 Å². The lowest BCUT2D eigenvalue weighted by Gasteiger charge is -2.17. The summed E-state index contributed by atoms with van der Waals surface area (Å²) >= 11 is 0. The molecule has 1 aromatic carbocycles. The standard InChI is InChI=1S/C18H30N6O2/c1-13(16(25)22-11-5-6-12-23-18(20)21)24-17(26)15(19)10-9-14-7-3-2-4-8-14/h2-4,7-8,13,15H,5-6,9-12,19H2,1H3,(H,22,25)(H,24,26)(H4,20,21,23)/t13-,15+/m0/s1. The summed E-state index contributed by atoms with van der Waals surface area (Å²) in [6.07, 6.45) is 2.75. The van der Waals surface area contributed by atoms with E-state index in [0.29, 0.717) is 25.9 Å². The summed E-state index contributed by atoms with van der Waals surface area (Å²) in [4.78, 5) is 28.0. The van der Waals surface area contributed by atoms with E-state index in [1.807, 2.05) is 30.3 Å². The molecule has 0 spiro atoms. The van der Waals surface area contributed by atoms with Crippen molar-refractivity contribution in [2.75, 3.05) is 13.1 Å². The molecule has 0 saturated heterocycles. The Kier molecular flexibility index (Phi) is 9.78. The van der Waals surface area contributed by atoms with E-state index < -0.39 is 12.1 Å². The number of rotatable bonds is 11. The maximum absolute atomic E-state index is 12.1. The number of aliphatic imine (C=N–C) groups is 1. The van der Waals surface area contributed by atoms with Crippen molar-refractivity contribution >= 4 is 17.8 Å². The molecular formula is C18H30N6O2. The average Bonchev–Trinajstić information content (AvgIpc) is 2.62. The second-order valence-electron chi connectivity index (χ2n) is 6.17. The number of hydrogen-bond donors (Lipinski definition) is 5. The first-order valence-electron chi connectivity index (χ1n) is 8.83. The molecule has 0 aliphatic heterocycles. The Labute approximate surface area is 154 Å². The summed E-state index contributed by atoms with van der Waals surface area (Å²) in [6, 6.07) is 8.54. The topological polar surface area (TPSA) is 149 Å². The molecule has 0 aliphatic carbocycles. The predicted octanol–water partition coefficient (Wildman–Crippen LogP) is -0.379. The highest BCUT2D eigenvalue weighted by molar-refractivity contribution is 5.89. The van der Waals surface area contributed by atoms with Gasteiger partial charge in [-0.2, -0.15) is 0 Å². The van der Waals surface area contributed by atoms with Crippen LogP contribution in [0.15, 0.2) is 35.3 Å². The molecule has 0 saturated carbocycles. The largest absolute Gasteiger partial charge is 0.370 e. The summed E-state index contributed by atoms with van der Waals surface area (Å²) < 4.78 is 0. The minimum atomic E-state index is -0.648. The molecule has 0 aliphatic rings. The molecule has 1 rings (SSSR count). The molecule has 0 aromatic heterocycles. The smallest absolute Gasteiger partial charge is 0.242 e. The number of hydrogen-bond acceptors (Lipinski definition) is 4. The Morgan fingerprint density at radius 3 is 2.46 bits per heavy atom. The Bertz CT molecular complexity index is 587. The van der Waals surface area contributed by atoms with Crippen LogP contribution in [-0.4, -0.2) is 42.9 Å². The number of nitrogens with two attached hydrogens (primary N) is 3. The van der Waals surface area contributed by atoms with E-state index in [0.717, 1.165) is 18.4 Å². The van der Waals surface area contributed by atoms with E-state index in [-0.39, 0.29) is 17.8 Å². The number of guanidine groups is 1. The molecule has 144 valence electrons. The van der Waals surface area contributed by atoms with Crippen LogP contribution < -0.4 is 27.8 Å². The van der Waals surface area contributed by atoms with E-state index >= 15 is 0 Å². The van der Waals surface area contributed by atoms with Gasteiger partial charge in [0.1, 0.15) is 6.04 Å². The molecule has 1 aromatic rings. The van der Waals surface area contributed by atoms with Crippen LogP contribution in [0.2, 0.25) is 0 Å². The van der Waals surface area contributed by atoms with Gasteiger partial charge in [-0.05, 0) is 38.2 Å². The van der Waals surface area contributed by atoms with Crippen LogP contribution in [-0.2, 0) is 16.0 Å². The third-order valence-electron chi connectivity index (χ3n) is 3.85. The molecule has 8 heteroatoms. The van der Waals surface area contributed by atoms with Crippen molar-refractivity contribution in [1.29, 1.82) is 0 Å². The zero-order chi connectivity index (χ0) is 19.4. The molecule has 8 nitrogen and oxygen atoms in total. The number of amides is 2. The number of unbranched alkanes of at least 4 members (excludes halogenated alkanes) is 1. The maximum atomic E-state index is 12.1. The zero-order valence-corrected chi connectivity index (χ0v) is 15.3. The molecular weight excluding hydrogens is 332 g/mol. The van der Waals surface area contributed by atoms with Crippen molar-refractivity contribution in [2.24, 2.45) is 22.2 Å². The highest BCUT2D eigenvalue weighted by Crippen LogP contribution is 2.04. The van der Waals surface area contributed by atoms with E-state index in [4.69, 9.17) is 17.2 Å². The maximum Gasteiger partial charge on any atom is 0.242 e. The van der Waals surface area contributed by atoms with Crippen LogP contribution in [0, 0.1) is 0 Å². The molecule has 0 bridgehead atoms. The van der Waals surface area contributed by atoms with Crippen LogP contribution in [0.4, 0.5) is 0 Å². The first kappa shape index (κ1) is 21.4. The average molecular weight is 362 g/mol. The van der Waals surface area contributed by atoms with Gasteiger partial charge in [0, 0.05) is 13.1 Å². The molecule has 0 heterocycles. The van der Waals surface area contributed by atoms with Gasteiger partial charge in [-0.3, -0.25) is 14.6 Å². The monoisotopic (exact) mass is 362 g/mol. The molecule has 2 atom stereocenters. The summed E-state index contributed by atoms with van der Waals surface area (Å²) in [6.45, 7) is 2.66. The molecule has 26 heavy (non-hydrogen) atoms. The third-order valence-corrected chi connectivity index (χ3v) is 3.85. The Morgan fingerprint density at radius 2 is 1.81 bits per heavy atom. The van der Waals surface area contributed by atoms with Gasteiger partial charge in [0.15, 0.2) is 5.96 Å². The quantitative estimate of drug-likeness (QED) is 0.207. The second-order valence-corrected chi connectivity index (χ2v) is 6.17. The van der Waals surface area contributed by atoms with Crippen LogP contribution in [0.1, 0.15) is 31.7 Å². The van der Waals surface area contributed by atoms with Crippen molar-refractivity contribution < 1.29 is 9.59 Å². The third kappa shape index (κ3) is 9.03. The summed E-state index contributed by atoms with van der Waals surface area (Å²) in [5.74, 6) is -0.499. The fourth-order valence-electron chi connectivity index (χ4n) is 2.29. The Hall–Kier alpha value is -2.61. The molecule has 2 amide bonds. The van der Waals surface area contributed by atoms with Crippen LogP contribution in [0.5, 0.6) is 0 Å². The minimum Gasteiger partial charge on any atom is -0.370 e. The fraction of sp³-hybridized carbons (Fsp3) is 0.500. The van der Waals surface area contributed by atoms with E-state index in [2.05, 4.69) is 15.6 Å². The molecule has 8 N–H and O–H groups in total. The summed E-state index contributed by atoms with van der Waals surface area (Å²) in [5.41, 5.74) is 17.5.